The predicted molar refractivity (Wildman–Crippen MR) is 86.1 cm³/mol. The van der Waals surface area contributed by atoms with Gasteiger partial charge in [-0.15, -0.1) is 0 Å². The molecule has 116 valence electrons. The zero-order valence-corrected chi connectivity index (χ0v) is 13.9. The van der Waals surface area contributed by atoms with Crippen LogP contribution in [0.5, 0.6) is 0 Å². The van der Waals surface area contributed by atoms with Crippen molar-refractivity contribution in [2.75, 3.05) is 18.8 Å². The van der Waals surface area contributed by atoms with Gasteiger partial charge in [-0.1, -0.05) is 38.4 Å². The van der Waals surface area contributed by atoms with Crippen LogP contribution in [0.2, 0.25) is 0 Å². The van der Waals surface area contributed by atoms with Gasteiger partial charge in [0.15, 0.2) is 0 Å². The smallest absolute Gasteiger partial charge is 0.214 e. The molecule has 0 amide bonds. The molecule has 0 aromatic carbocycles. The van der Waals surface area contributed by atoms with Crippen molar-refractivity contribution in [3.05, 3.63) is 0 Å². The molecule has 2 fully saturated rings. The van der Waals surface area contributed by atoms with Crippen LogP contribution in [0.3, 0.4) is 0 Å². The van der Waals surface area contributed by atoms with Crippen molar-refractivity contribution >= 4 is 27.2 Å². The van der Waals surface area contributed by atoms with E-state index in [9.17, 15) is 8.42 Å². The SMILES string of the molecule is CC1(C(N)=S)CCN(S(=O)(=O)CC2CCCCC2)CC1. The summed E-state index contributed by atoms with van der Waals surface area (Å²) in [5.74, 6) is 0.689. The second-order valence-electron chi connectivity index (χ2n) is 6.61. The van der Waals surface area contributed by atoms with Crippen LogP contribution >= 0.6 is 12.2 Å². The summed E-state index contributed by atoms with van der Waals surface area (Å²) in [4.78, 5) is 0.516. The molecule has 1 aliphatic heterocycles. The molecule has 1 aliphatic carbocycles. The highest BCUT2D eigenvalue weighted by atomic mass is 32.2. The van der Waals surface area contributed by atoms with Crippen molar-refractivity contribution in [3.8, 4) is 0 Å². The Bertz CT molecular complexity index is 448. The molecule has 2 N–H and O–H groups in total. The summed E-state index contributed by atoms with van der Waals surface area (Å²) in [6.45, 7) is 3.16. The van der Waals surface area contributed by atoms with Gasteiger partial charge < -0.3 is 5.73 Å². The highest BCUT2D eigenvalue weighted by Gasteiger charge is 2.37. The first-order valence-corrected chi connectivity index (χ1v) is 9.63. The summed E-state index contributed by atoms with van der Waals surface area (Å²) < 4.78 is 26.6. The molecule has 2 rings (SSSR count). The van der Waals surface area contributed by atoms with Crippen LogP contribution in [-0.4, -0.2) is 36.6 Å². The molecule has 2 aliphatic rings. The fourth-order valence-electron chi connectivity index (χ4n) is 3.26. The molecule has 0 unspecified atom stereocenters. The van der Waals surface area contributed by atoms with Crippen LogP contribution in [0, 0.1) is 11.3 Å². The van der Waals surface area contributed by atoms with Crippen LogP contribution < -0.4 is 5.73 Å². The van der Waals surface area contributed by atoms with E-state index in [0.29, 0.717) is 29.7 Å². The minimum atomic E-state index is -3.11. The lowest BCUT2D eigenvalue weighted by Gasteiger charge is -2.38. The van der Waals surface area contributed by atoms with Crippen molar-refractivity contribution < 1.29 is 8.42 Å². The largest absolute Gasteiger partial charge is 0.393 e. The molecular formula is C14H26N2O2S2. The van der Waals surface area contributed by atoms with E-state index >= 15 is 0 Å². The first-order valence-electron chi connectivity index (χ1n) is 7.61. The van der Waals surface area contributed by atoms with Crippen LogP contribution in [0.25, 0.3) is 0 Å². The van der Waals surface area contributed by atoms with Crippen LogP contribution in [-0.2, 0) is 10.0 Å². The molecule has 1 saturated heterocycles. The highest BCUT2D eigenvalue weighted by molar-refractivity contribution is 7.89. The maximum atomic E-state index is 12.5. The van der Waals surface area contributed by atoms with Gasteiger partial charge in [0, 0.05) is 18.5 Å². The van der Waals surface area contributed by atoms with Crippen molar-refractivity contribution in [1.82, 2.24) is 4.31 Å². The van der Waals surface area contributed by atoms with Crippen LogP contribution in [0.4, 0.5) is 0 Å². The summed E-state index contributed by atoms with van der Waals surface area (Å²) in [6.07, 6.45) is 7.24. The van der Waals surface area contributed by atoms with E-state index in [1.165, 1.54) is 19.3 Å². The maximum absolute atomic E-state index is 12.5. The Morgan fingerprint density at radius 1 is 1.25 bits per heavy atom. The second-order valence-corrected chi connectivity index (χ2v) is 9.06. The Hall–Kier alpha value is -0.200. The Morgan fingerprint density at radius 2 is 1.80 bits per heavy atom. The van der Waals surface area contributed by atoms with Gasteiger partial charge in [0.1, 0.15) is 0 Å². The van der Waals surface area contributed by atoms with Crippen LogP contribution in [0.15, 0.2) is 0 Å². The van der Waals surface area contributed by atoms with Gasteiger partial charge >= 0.3 is 0 Å². The molecule has 4 nitrogen and oxygen atoms in total. The van der Waals surface area contributed by atoms with Crippen LogP contribution in [0.1, 0.15) is 51.9 Å². The van der Waals surface area contributed by atoms with E-state index in [4.69, 9.17) is 18.0 Å². The van der Waals surface area contributed by atoms with Crippen molar-refractivity contribution in [1.29, 1.82) is 0 Å². The fraction of sp³-hybridized carbons (Fsp3) is 0.929. The predicted octanol–water partition coefficient (Wildman–Crippen LogP) is 2.28. The van der Waals surface area contributed by atoms with E-state index in [0.717, 1.165) is 25.7 Å². The average Bonchev–Trinajstić information content (AvgIpc) is 2.39. The Balaban J connectivity index is 1.93. The van der Waals surface area contributed by atoms with E-state index < -0.39 is 10.0 Å². The van der Waals surface area contributed by atoms with E-state index in [-0.39, 0.29) is 5.41 Å². The van der Waals surface area contributed by atoms with Gasteiger partial charge in [0.2, 0.25) is 10.0 Å². The molecule has 0 spiro atoms. The number of hydrogen-bond acceptors (Lipinski definition) is 3. The molecule has 0 aromatic rings. The molecule has 0 bridgehead atoms. The molecule has 6 heteroatoms. The third kappa shape index (κ3) is 3.71. The monoisotopic (exact) mass is 318 g/mol. The van der Waals surface area contributed by atoms with E-state index in [1.54, 1.807) is 4.31 Å². The topological polar surface area (TPSA) is 63.4 Å². The van der Waals surface area contributed by atoms with Gasteiger partial charge in [0.05, 0.1) is 10.7 Å². The number of thiocarbonyl (C=S) groups is 1. The molecule has 0 atom stereocenters. The maximum Gasteiger partial charge on any atom is 0.214 e. The van der Waals surface area contributed by atoms with Gasteiger partial charge in [-0.2, -0.15) is 0 Å². The number of rotatable bonds is 4. The van der Waals surface area contributed by atoms with E-state index in [1.807, 2.05) is 6.92 Å². The summed E-state index contributed by atoms with van der Waals surface area (Å²) in [6, 6.07) is 0. The second kappa shape index (κ2) is 6.28. The van der Waals surface area contributed by atoms with Gasteiger partial charge in [-0.25, -0.2) is 12.7 Å². The molecule has 20 heavy (non-hydrogen) atoms. The standard InChI is InChI=1S/C14H26N2O2S2/c1-14(13(15)19)7-9-16(10-8-14)20(17,18)11-12-5-3-2-4-6-12/h12H,2-11H2,1H3,(H2,15,19). The molecule has 0 aromatic heterocycles. The van der Waals surface area contributed by atoms with Gasteiger partial charge in [-0.3, -0.25) is 0 Å². The molecule has 1 saturated carbocycles. The summed E-state index contributed by atoms with van der Waals surface area (Å²) in [7, 11) is -3.11. The molecule has 0 radical (unpaired) electrons. The summed E-state index contributed by atoms with van der Waals surface area (Å²) in [5.41, 5.74) is 5.59. The summed E-state index contributed by atoms with van der Waals surface area (Å²) >= 11 is 5.10. The van der Waals surface area contributed by atoms with E-state index in [2.05, 4.69) is 0 Å². The van der Waals surface area contributed by atoms with Crippen molar-refractivity contribution in [2.24, 2.45) is 17.1 Å². The third-order valence-corrected chi connectivity index (χ3v) is 7.52. The quantitative estimate of drug-likeness (QED) is 0.808. The van der Waals surface area contributed by atoms with Gasteiger partial charge in [-0.05, 0) is 31.6 Å². The average molecular weight is 319 g/mol. The number of piperidine rings is 1. The van der Waals surface area contributed by atoms with Gasteiger partial charge in [0.25, 0.3) is 0 Å². The molecular weight excluding hydrogens is 292 g/mol. The minimum absolute atomic E-state index is 0.174. The first-order chi connectivity index (χ1) is 9.33. The molecule has 1 heterocycles. The first kappa shape index (κ1) is 16.2. The Morgan fingerprint density at radius 3 is 2.30 bits per heavy atom. The Kier molecular flexibility index (Phi) is 5.08. The van der Waals surface area contributed by atoms with Crippen molar-refractivity contribution in [2.45, 2.75) is 51.9 Å². The zero-order valence-electron chi connectivity index (χ0n) is 12.3. The number of sulfonamides is 1. The number of hydrogen-bond donors (Lipinski definition) is 1. The third-order valence-electron chi connectivity index (χ3n) is 4.99. The zero-order chi connectivity index (χ0) is 14.8. The lowest BCUT2D eigenvalue weighted by Crippen LogP contribution is -2.47. The number of nitrogens with two attached hydrogens (primary N) is 1. The highest BCUT2D eigenvalue weighted by Crippen LogP contribution is 2.33. The number of nitrogens with zero attached hydrogens (tertiary/aromatic N) is 1. The fourth-order valence-corrected chi connectivity index (χ4v) is 5.34. The minimum Gasteiger partial charge on any atom is -0.393 e. The lowest BCUT2D eigenvalue weighted by atomic mass is 9.81. The Labute approximate surface area is 128 Å². The van der Waals surface area contributed by atoms with Crippen molar-refractivity contribution in [3.63, 3.8) is 0 Å². The lowest BCUT2D eigenvalue weighted by molar-refractivity contribution is 0.242. The normalized spacial score (nSPS) is 25.4. The summed E-state index contributed by atoms with van der Waals surface area (Å²) in [5, 5.41) is 0.